The van der Waals surface area contributed by atoms with Crippen molar-refractivity contribution in [2.45, 2.75) is 18.8 Å². The summed E-state index contributed by atoms with van der Waals surface area (Å²) in [4.78, 5) is 15.8. The van der Waals surface area contributed by atoms with Crippen molar-refractivity contribution in [2.75, 3.05) is 0 Å². The van der Waals surface area contributed by atoms with Gasteiger partial charge in [-0.3, -0.25) is 0 Å². The van der Waals surface area contributed by atoms with Crippen LogP contribution in [0.1, 0.15) is 24.7 Å². The van der Waals surface area contributed by atoms with Crippen molar-refractivity contribution < 1.29 is 4.42 Å². The topological polar surface area (TPSA) is 51.8 Å². The molecular formula is C60H41N3O. The Kier molecular flexibility index (Phi) is 8.98. The van der Waals surface area contributed by atoms with Crippen molar-refractivity contribution in [1.29, 1.82) is 0 Å². The van der Waals surface area contributed by atoms with Crippen LogP contribution in [0.15, 0.2) is 223 Å². The summed E-state index contributed by atoms with van der Waals surface area (Å²) in [7, 11) is 0. The van der Waals surface area contributed by atoms with Gasteiger partial charge in [0.05, 0.1) is 0 Å². The Morgan fingerprint density at radius 1 is 0.422 bits per heavy atom. The first-order valence-electron chi connectivity index (χ1n) is 21.9. The lowest BCUT2D eigenvalue weighted by Gasteiger charge is -2.30. The number of hydrogen-bond acceptors (Lipinski definition) is 4. The predicted octanol–water partition coefficient (Wildman–Crippen LogP) is 15.7. The zero-order valence-corrected chi connectivity index (χ0v) is 35.2. The first-order valence-corrected chi connectivity index (χ1v) is 21.9. The molecule has 0 fully saturated rings. The average Bonchev–Trinajstić information content (AvgIpc) is 3.75. The van der Waals surface area contributed by atoms with Crippen molar-refractivity contribution in [1.82, 2.24) is 15.0 Å². The Hall–Kier alpha value is -8.21. The summed E-state index contributed by atoms with van der Waals surface area (Å²) in [5, 5.41) is 6.68. The lowest BCUT2D eigenvalue weighted by Crippen LogP contribution is -2.22. The molecule has 0 radical (unpaired) electrons. The van der Waals surface area contributed by atoms with Crippen molar-refractivity contribution in [3.63, 3.8) is 0 Å². The summed E-state index contributed by atoms with van der Waals surface area (Å²) in [6.07, 6.45) is 7.37. The van der Waals surface area contributed by atoms with Gasteiger partial charge in [-0.2, -0.15) is 0 Å². The number of furan rings is 1. The fourth-order valence-electron chi connectivity index (χ4n) is 9.61. The molecule has 2 heterocycles. The van der Waals surface area contributed by atoms with Gasteiger partial charge in [-0.25, -0.2) is 15.0 Å². The van der Waals surface area contributed by atoms with E-state index in [9.17, 15) is 0 Å². The van der Waals surface area contributed by atoms with E-state index >= 15 is 0 Å². The van der Waals surface area contributed by atoms with Gasteiger partial charge >= 0.3 is 0 Å². The molecule has 64 heavy (non-hydrogen) atoms. The third kappa shape index (κ3) is 6.59. The molecule has 0 amide bonds. The first kappa shape index (κ1) is 37.5. The Labute approximate surface area is 371 Å². The van der Waals surface area contributed by atoms with E-state index in [1.807, 2.05) is 0 Å². The second-order valence-electron chi connectivity index (χ2n) is 17.0. The molecule has 1 unspecified atom stereocenters. The maximum absolute atomic E-state index is 6.55. The minimum Gasteiger partial charge on any atom is -0.456 e. The van der Waals surface area contributed by atoms with E-state index in [2.05, 4.69) is 225 Å². The molecule has 11 aromatic rings. The summed E-state index contributed by atoms with van der Waals surface area (Å²) in [5.74, 6) is 1.98. The highest BCUT2D eigenvalue weighted by atomic mass is 16.3. The van der Waals surface area contributed by atoms with Gasteiger partial charge in [-0.05, 0) is 96.7 Å². The van der Waals surface area contributed by atoms with E-state index in [-0.39, 0.29) is 5.41 Å². The van der Waals surface area contributed by atoms with Gasteiger partial charge in [-0.1, -0.05) is 201 Å². The van der Waals surface area contributed by atoms with Crippen LogP contribution in [0.2, 0.25) is 0 Å². The zero-order valence-electron chi connectivity index (χ0n) is 35.2. The Balaban J connectivity index is 0.991. The zero-order chi connectivity index (χ0) is 42.6. The normalized spacial score (nSPS) is 15.0. The minimum atomic E-state index is -0.207. The van der Waals surface area contributed by atoms with E-state index < -0.39 is 0 Å². The van der Waals surface area contributed by atoms with Gasteiger partial charge in [0.15, 0.2) is 17.5 Å². The third-order valence-electron chi connectivity index (χ3n) is 13.0. The molecule has 4 heteroatoms. The number of nitrogens with zero attached hydrogens (tertiary/aromatic N) is 3. The molecule has 9 aromatic carbocycles. The fraction of sp³-hybridized carbons (Fsp3) is 0.0500. The molecule has 0 saturated carbocycles. The summed E-state index contributed by atoms with van der Waals surface area (Å²) < 4.78 is 6.55. The van der Waals surface area contributed by atoms with Crippen molar-refractivity contribution in [3.8, 4) is 56.2 Å². The maximum atomic E-state index is 6.55. The van der Waals surface area contributed by atoms with Crippen LogP contribution in [0, 0.1) is 0 Å². The fourth-order valence-corrected chi connectivity index (χ4v) is 9.61. The summed E-state index contributed by atoms with van der Waals surface area (Å²) in [6.45, 7) is 2.29. The molecular weight excluding hydrogens is 779 g/mol. The molecule has 12 rings (SSSR count). The molecule has 2 aromatic heterocycles. The van der Waals surface area contributed by atoms with Crippen LogP contribution in [-0.2, 0) is 5.41 Å². The lowest BCUT2D eigenvalue weighted by molar-refractivity contribution is 0.606. The number of allylic oxidation sites excluding steroid dienone is 4. The molecule has 0 spiro atoms. The van der Waals surface area contributed by atoms with Crippen molar-refractivity contribution in [2.24, 2.45) is 0 Å². The van der Waals surface area contributed by atoms with Gasteiger partial charge in [0.25, 0.3) is 0 Å². The molecule has 0 saturated heterocycles. The van der Waals surface area contributed by atoms with Crippen LogP contribution < -0.4 is 0 Å². The van der Waals surface area contributed by atoms with Crippen LogP contribution in [0.25, 0.3) is 105 Å². The minimum absolute atomic E-state index is 0.207. The monoisotopic (exact) mass is 819 g/mol. The van der Waals surface area contributed by atoms with Crippen molar-refractivity contribution >= 4 is 49.1 Å². The standard InChI is InChI=1S/C60H41N3O/c1-60(47-19-6-3-7-20-47)35-13-18-46(38-60)58-61-57(45-32-31-40-16-8-9-17-43(40)36-45)62-59(63-58)52-25-11-21-48-49(22-10-23-50(48)52)51-24-12-26-55-56(51)53-37-44(33-34-54(53)64-55)42-29-27-41(28-30-42)39-14-4-2-5-15-39/h2-37H,38H2,1H3. The van der Waals surface area contributed by atoms with Crippen molar-refractivity contribution in [3.05, 3.63) is 230 Å². The van der Waals surface area contributed by atoms with E-state index in [0.717, 1.165) is 83.5 Å². The molecule has 0 bridgehead atoms. The van der Waals surface area contributed by atoms with E-state index in [4.69, 9.17) is 19.4 Å². The molecule has 1 atom stereocenters. The third-order valence-corrected chi connectivity index (χ3v) is 13.0. The maximum Gasteiger partial charge on any atom is 0.164 e. The molecule has 302 valence electrons. The first-order chi connectivity index (χ1) is 31.5. The highest BCUT2D eigenvalue weighted by Gasteiger charge is 2.29. The molecule has 4 nitrogen and oxygen atoms in total. The van der Waals surface area contributed by atoms with Gasteiger partial charge in [0.1, 0.15) is 11.2 Å². The summed E-state index contributed by atoms with van der Waals surface area (Å²) >= 11 is 0. The van der Waals surface area contributed by atoms with E-state index in [0.29, 0.717) is 17.5 Å². The lowest BCUT2D eigenvalue weighted by atomic mass is 9.74. The number of fused-ring (bicyclic) bond motifs is 5. The SMILES string of the molecule is CC1(c2ccccc2)C=CC=C(c2nc(-c3ccc4ccccc4c3)nc(-c3cccc4c(-c5cccc6oc7ccc(-c8ccc(-c9ccccc9)cc8)cc7c56)cccc34)n2)C1. The predicted molar refractivity (Wildman–Crippen MR) is 265 cm³/mol. The second kappa shape index (κ2) is 15.3. The highest BCUT2D eigenvalue weighted by Crippen LogP contribution is 2.43. The smallest absolute Gasteiger partial charge is 0.164 e. The van der Waals surface area contributed by atoms with Gasteiger partial charge in [0.2, 0.25) is 0 Å². The number of aromatic nitrogens is 3. The van der Waals surface area contributed by atoms with Gasteiger partial charge in [-0.15, -0.1) is 0 Å². The highest BCUT2D eigenvalue weighted by molar-refractivity contribution is 6.16. The van der Waals surface area contributed by atoms with Crippen LogP contribution in [-0.4, -0.2) is 15.0 Å². The average molecular weight is 820 g/mol. The summed E-state index contributed by atoms with van der Waals surface area (Å²) in [5.41, 5.74) is 12.7. The van der Waals surface area contributed by atoms with Crippen LogP contribution in [0.5, 0.6) is 0 Å². The van der Waals surface area contributed by atoms with E-state index in [1.54, 1.807) is 0 Å². The Bertz CT molecular complexity index is 3640. The van der Waals surface area contributed by atoms with Gasteiger partial charge < -0.3 is 4.42 Å². The molecule has 0 N–H and O–H groups in total. The Morgan fingerprint density at radius 2 is 1.03 bits per heavy atom. The molecule has 0 aliphatic heterocycles. The Morgan fingerprint density at radius 3 is 1.84 bits per heavy atom. The molecule has 1 aliphatic rings. The molecule has 1 aliphatic carbocycles. The largest absolute Gasteiger partial charge is 0.456 e. The number of hydrogen-bond donors (Lipinski definition) is 0. The van der Waals surface area contributed by atoms with Crippen LogP contribution in [0.3, 0.4) is 0 Å². The van der Waals surface area contributed by atoms with Crippen LogP contribution >= 0.6 is 0 Å². The number of rotatable bonds is 7. The second-order valence-corrected chi connectivity index (χ2v) is 17.0. The van der Waals surface area contributed by atoms with E-state index in [1.165, 1.54) is 22.1 Å². The quantitative estimate of drug-likeness (QED) is 0.161. The van der Waals surface area contributed by atoms with Crippen LogP contribution in [0.4, 0.5) is 0 Å². The number of benzene rings is 9. The summed E-state index contributed by atoms with van der Waals surface area (Å²) in [6, 6.07) is 70.8. The van der Waals surface area contributed by atoms with Gasteiger partial charge in [0, 0.05) is 27.3 Å².